The van der Waals surface area contributed by atoms with Crippen LogP contribution in [0.4, 0.5) is 0 Å². The predicted octanol–water partition coefficient (Wildman–Crippen LogP) is 1.17. The Kier molecular flexibility index (Phi) is 4.75. The second-order valence-corrected chi connectivity index (χ2v) is 3.26. The van der Waals surface area contributed by atoms with Crippen LogP contribution in [0.15, 0.2) is 9.98 Å². The van der Waals surface area contributed by atoms with E-state index in [1.807, 2.05) is 6.92 Å². The van der Waals surface area contributed by atoms with Crippen LogP contribution in [0.2, 0.25) is 0 Å². The first-order valence-corrected chi connectivity index (χ1v) is 3.90. The molecule has 0 spiro atoms. The van der Waals surface area contributed by atoms with Crippen LogP contribution in [-0.4, -0.2) is 25.6 Å². The van der Waals surface area contributed by atoms with Crippen LogP contribution >= 0.6 is 0 Å². The predicted molar refractivity (Wildman–Crippen MR) is 48.1 cm³/mol. The van der Waals surface area contributed by atoms with Gasteiger partial charge in [0.05, 0.1) is 12.6 Å². The summed E-state index contributed by atoms with van der Waals surface area (Å²) in [6.45, 7) is 8.19. The minimum absolute atomic E-state index is 0.0796. The van der Waals surface area contributed by atoms with Crippen molar-refractivity contribution in [2.45, 2.75) is 20.8 Å². The Hall–Kier alpha value is -0.660. The molecule has 0 radical (unpaired) electrons. The maximum atomic E-state index is 5.50. The first kappa shape index (κ1) is 10.3. The van der Waals surface area contributed by atoms with Gasteiger partial charge in [0.2, 0.25) is 0 Å². The van der Waals surface area contributed by atoms with E-state index in [2.05, 4.69) is 29.8 Å². The molecule has 0 saturated heterocycles. The average molecular weight is 155 g/mol. The molecule has 0 atom stereocenters. The Balaban J connectivity index is 3.77. The number of nitrogens with zero attached hydrogens (tertiary/aromatic N) is 2. The molecule has 0 heterocycles. The topological polar surface area (TPSA) is 50.7 Å². The highest BCUT2D eigenvalue weighted by Crippen LogP contribution is 2.11. The molecule has 0 aromatic rings. The molecular weight excluding hydrogens is 138 g/mol. The zero-order valence-corrected chi connectivity index (χ0v) is 7.59. The lowest BCUT2D eigenvalue weighted by Gasteiger charge is -2.17. The van der Waals surface area contributed by atoms with Crippen LogP contribution in [0.25, 0.3) is 0 Å². The largest absolute Gasteiger partial charge is 0.330 e. The van der Waals surface area contributed by atoms with Crippen LogP contribution in [0.3, 0.4) is 0 Å². The molecule has 0 aromatic heterocycles. The van der Waals surface area contributed by atoms with Gasteiger partial charge >= 0.3 is 0 Å². The van der Waals surface area contributed by atoms with Gasteiger partial charge in [0, 0.05) is 6.54 Å². The number of rotatable bonds is 4. The Labute approximate surface area is 68.4 Å². The quantitative estimate of drug-likeness (QED) is 0.609. The molecule has 0 aliphatic heterocycles. The summed E-state index contributed by atoms with van der Waals surface area (Å²) in [5.74, 6) is 0. The molecule has 2 N–H and O–H groups in total. The van der Waals surface area contributed by atoms with Gasteiger partial charge in [-0.2, -0.15) is 0 Å². The minimum Gasteiger partial charge on any atom is -0.330 e. The normalized spacial score (nSPS) is 10.5. The van der Waals surface area contributed by atoms with E-state index < -0.39 is 0 Å². The van der Waals surface area contributed by atoms with Crippen LogP contribution < -0.4 is 5.73 Å². The summed E-state index contributed by atoms with van der Waals surface area (Å²) in [5.41, 5.74) is 5.58. The number of hydrogen-bond acceptors (Lipinski definition) is 3. The zero-order valence-electron chi connectivity index (χ0n) is 7.59. The third-order valence-electron chi connectivity index (χ3n) is 1.36. The minimum atomic E-state index is 0.0796. The first-order chi connectivity index (χ1) is 5.12. The maximum Gasteiger partial charge on any atom is 0.0892 e. The molecule has 0 aliphatic carbocycles. The standard InChI is InChI=1S/C8H17N3/c1-4-10-7-11-6-8(2,3)5-9/h4-6,9H2,1-3H3. The van der Waals surface area contributed by atoms with E-state index >= 15 is 0 Å². The summed E-state index contributed by atoms with van der Waals surface area (Å²) in [7, 11) is 0. The first-order valence-electron chi connectivity index (χ1n) is 3.90. The molecule has 64 valence electrons. The fourth-order valence-corrected chi connectivity index (χ4v) is 0.435. The smallest absolute Gasteiger partial charge is 0.0892 e. The summed E-state index contributed by atoms with van der Waals surface area (Å²) in [6, 6.07) is 2.62. The lowest BCUT2D eigenvalue weighted by molar-refractivity contribution is 0.394. The van der Waals surface area contributed by atoms with Gasteiger partial charge in [-0.1, -0.05) is 13.8 Å². The fourth-order valence-electron chi connectivity index (χ4n) is 0.435. The number of aliphatic imine (C=N–C) groups is 2. The molecule has 3 nitrogen and oxygen atoms in total. The molecule has 0 amide bonds. The monoisotopic (exact) mass is 155 g/mol. The number of hydrogen-bond donors (Lipinski definition) is 1. The van der Waals surface area contributed by atoms with Crippen molar-refractivity contribution in [1.29, 1.82) is 0 Å². The van der Waals surface area contributed by atoms with Gasteiger partial charge in [0.1, 0.15) is 0 Å². The highest BCUT2D eigenvalue weighted by molar-refractivity contribution is 5.40. The summed E-state index contributed by atoms with van der Waals surface area (Å²) >= 11 is 0. The van der Waals surface area contributed by atoms with Gasteiger partial charge in [-0.05, 0) is 18.9 Å². The van der Waals surface area contributed by atoms with Crippen LogP contribution in [-0.2, 0) is 0 Å². The third kappa shape index (κ3) is 5.77. The van der Waals surface area contributed by atoms with E-state index in [-0.39, 0.29) is 5.41 Å². The Bertz CT molecular complexity index is 155. The van der Waals surface area contributed by atoms with Crippen molar-refractivity contribution in [1.82, 2.24) is 0 Å². The molecule has 11 heavy (non-hydrogen) atoms. The van der Waals surface area contributed by atoms with Gasteiger partial charge in [-0.25, -0.2) is 9.98 Å². The van der Waals surface area contributed by atoms with E-state index in [0.29, 0.717) is 13.1 Å². The van der Waals surface area contributed by atoms with Gasteiger partial charge in [-0.15, -0.1) is 0 Å². The molecule has 0 fully saturated rings. The van der Waals surface area contributed by atoms with Crippen molar-refractivity contribution in [3.8, 4) is 0 Å². The molecule has 0 saturated carbocycles. The summed E-state index contributed by atoms with van der Waals surface area (Å²) < 4.78 is 0. The van der Waals surface area contributed by atoms with Crippen molar-refractivity contribution in [3.63, 3.8) is 0 Å². The van der Waals surface area contributed by atoms with Gasteiger partial charge in [0.15, 0.2) is 0 Å². The van der Waals surface area contributed by atoms with Gasteiger partial charge < -0.3 is 5.73 Å². The molecular formula is C8H17N3. The summed E-state index contributed by atoms with van der Waals surface area (Å²) in [5, 5.41) is 0. The van der Waals surface area contributed by atoms with Crippen LogP contribution in [0.5, 0.6) is 0 Å². The SMILES string of the molecule is CCN=C=NCC(C)(C)CN. The van der Waals surface area contributed by atoms with Gasteiger partial charge in [-0.3, -0.25) is 0 Å². The molecule has 0 aliphatic rings. The van der Waals surface area contributed by atoms with Crippen LogP contribution in [0.1, 0.15) is 20.8 Å². The van der Waals surface area contributed by atoms with Crippen molar-refractivity contribution < 1.29 is 0 Å². The summed E-state index contributed by atoms with van der Waals surface area (Å²) in [6.07, 6.45) is 0. The van der Waals surface area contributed by atoms with Crippen molar-refractivity contribution in [2.24, 2.45) is 21.1 Å². The molecule has 0 bridgehead atoms. The van der Waals surface area contributed by atoms with Crippen molar-refractivity contribution in [3.05, 3.63) is 0 Å². The lowest BCUT2D eigenvalue weighted by Crippen LogP contribution is -2.26. The molecule has 0 rings (SSSR count). The third-order valence-corrected chi connectivity index (χ3v) is 1.36. The average Bonchev–Trinajstić information content (AvgIpc) is 1.99. The highest BCUT2D eigenvalue weighted by atomic mass is 14.8. The molecule has 0 unspecified atom stereocenters. The Morgan fingerprint density at radius 2 is 2.00 bits per heavy atom. The van der Waals surface area contributed by atoms with E-state index in [4.69, 9.17) is 5.73 Å². The van der Waals surface area contributed by atoms with Crippen molar-refractivity contribution >= 4 is 6.01 Å². The molecule has 3 heteroatoms. The highest BCUT2D eigenvalue weighted by Gasteiger charge is 2.13. The van der Waals surface area contributed by atoms with E-state index in [1.165, 1.54) is 0 Å². The van der Waals surface area contributed by atoms with E-state index in [1.54, 1.807) is 0 Å². The zero-order chi connectivity index (χ0) is 8.74. The Morgan fingerprint density at radius 1 is 1.36 bits per heavy atom. The summed E-state index contributed by atoms with van der Waals surface area (Å²) in [4.78, 5) is 7.86. The fraction of sp³-hybridized carbons (Fsp3) is 0.875. The second kappa shape index (κ2) is 5.05. The number of nitrogens with two attached hydrogens (primary N) is 1. The Morgan fingerprint density at radius 3 is 2.45 bits per heavy atom. The van der Waals surface area contributed by atoms with Gasteiger partial charge in [0.25, 0.3) is 0 Å². The lowest BCUT2D eigenvalue weighted by atomic mass is 9.94. The van der Waals surface area contributed by atoms with E-state index in [0.717, 1.165) is 6.54 Å². The molecule has 0 aromatic carbocycles. The van der Waals surface area contributed by atoms with E-state index in [9.17, 15) is 0 Å². The second-order valence-electron chi connectivity index (χ2n) is 3.26. The maximum absolute atomic E-state index is 5.50. The van der Waals surface area contributed by atoms with Crippen LogP contribution in [0, 0.1) is 5.41 Å². The van der Waals surface area contributed by atoms with Crippen molar-refractivity contribution in [2.75, 3.05) is 19.6 Å².